The highest BCUT2D eigenvalue weighted by molar-refractivity contribution is 7.92. The molecule has 206 valence electrons. The fourth-order valence-electron chi connectivity index (χ4n) is 4.70. The lowest BCUT2D eigenvalue weighted by Crippen LogP contribution is -2.46. The van der Waals surface area contributed by atoms with E-state index in [4.69, 9.17) is 21.1 Å². The number of halogens is 2. The second-order valence-electron chi connectivity index (χ2n) is 9.26. The van der Waals surface area contributed by atoms with Crippen LogP contribution < -0.4 is 10.1 Å². The lowest BCUT2D eigenvalue weighted by molar-refractivity contribution is -0.123. The molecule has 3 heterocycles. The van der Waals surface area contributed by atoms with Gasteiger partial charge in [0.1, 0.15) is 9.96 Å². The summed E-state index contributed by atoms with van der Waals surface area (Å²) < 4.78 is 53.8. The van der Waals surface area contributed by atoms with Crippen LogP contribution in [0.4, 0.5) is 4.39 Å². The van der Waals surface area contributed by atoms with Crippen LogP contribution in [0.25, 0.3) is 10.9 Å². The van der Waals surface area contributed by atoms with Gasteiger partial charge in [0, 0.05) is 13.0 Å². The Balaban J connectivity index is 1.41. The smallest absolute Gasteiger partial charge is 0.193 e. The Morgan fingerprint density at radius 2 is 2.08 bits per heavy atom. The number of nitrogens with one attached hydrogen (secondary N) is 1. The van der Waals surface area contributed by atoms with E-state index in [-0.39, 0.29) is 27.5 Å². The van der Waals surface area contributed by atoms with Crippen LogP contribution in [0.15, 0.2) is 52.7 Å². The molecule has 0 amide bonds. The molecule has 0 saturated carbocycles. The molecule has 1 aliphatic rings. The Bertz CT molecular complexity index is 1610. The van der Waals surface area contributed by atoms with Gasteiger partial charge in [-0.1, -0.05) is 35.9 Å². The first-order valence-electron chi connectivity index (χ1n) is 12.4. The molecule has 0 unspecified atom stereocenters. The van der Waals surface area contributed by atoms with E-state index < -0.39 is 21.4 Å². The van der Waals surface area contributed by atoms with Gasteiger partial charge in [-0.05, 0) is 41.8 Å². The van der Waals surface area contributed by atoms with Gasteiger partial charge in [-0.2, -0.15) is 5.10 Å². The number of thiophene rings is 1. The minimum absolute atomic E-state index is 0.0549. The third-order valence-electron chi connectivity index (χ3n) is 6.58. The number of carbonyl (C=O) groups excluding carboxylic acids is 1. The molecule has 5 rings (SSSR count). The highest BCUT2D eigenvalue weighted by Gasteiger charge is 2.26. The van der Waals surface area contributed by atoms with Crippen molar-refractivity contribution in [2.24, 2.45) is 0 Å². The zero-order chi connectivity index (χ0) is 27.6. The first-order valence-corrected chi connectivity index (χ1v) is 15.2. The van der Waals surface area contributed by atoms with Crippen LogP contribution in [0.3, 0.4) is 0 Å². The summed E-state index contributed by atoms with van der Waals surface area (Å²) in [5.74, 6) is -0.980. The van der Waals surface area contributed by atoms with Gasteiger partial charge in [-0.25, -0.2) is 12.8 Å². The van der Waals surface area contributed by atoms with Crippen LogP contribution in [0, 0.1) is 5.82 Å². The molecular weight excluding hydrogens is 565 g/mol. The Kier molecular flexibility index (Phi) is 8.34. The summed E-state index contributed by atoms with van der Waals surface area (Å²) in [6, 6.07) is 13.4. The molecule has 4 aromatic rings. The molecule has 0 aliphatic carbocycles. The number of aromatic nitrogens is 2. The van der Waals surface area contributed by atoms with Gasteiger partial charge in [-0.15, -0.1) is 11.3 Å². The number of hydrogen-bond acceptors (Lipinski definition) is 8. The lowest BCUT2D eigenvalue weighted by atomic mass is 10.0. The minimum Gasteiger partial charge on any atom is -0.493 e. The number of ether oxygens (including phenoxy) is 2. The molecule has 1 aliphatic heterocycles. The highest BCUT2D eigenvalue weighted by atomic mass is 35.5. The number of aryl methyl sites for hydroxylation is 1. The van der Waals surface area contributed by atoms with Crippen molar-refractivity contribution in [3.63, 3.8) is 0 Å². The number of Topliss-reactive ketones (excluding diaryl/α,β-unsaturated/α-hetero) is 1. The maximum atomic E-state index is 14.7. The number of carbonyl (C=O) groups is 1. The largest absolute Gasteiger partial charge is 0.493 e. The van der Waals surface area contributed by atoms with Crippen molar-refractivity contribution >= 4 is 49.5 Å². The summed E-state index contributed by atoms with van der Waals surface area (Å²) in [6.07, 6.45) is 0.969. The summed E-state index contributed by atoms with van der Waals surface area (Å²) in [7, 11) is -2.44. The number of hydrogen-bond donors (Lipinski definition) is 1. The van der Waals surface area contributed by atoms with Crippen molar-refractivity contribution in [3.05, 3.63) is 75.5 Å². The molecule has 2 aromatic heterocycles. The summed E-state index contributed by atoms with van der Waals surface area (Å²) in [5.41, 5.74) is 2.64. The normalized spacial score (nSPS) is 16.0. The van der Waals surface area contributed by atoms with Gasteiger partial charge in [-0.3, -0.25) is 9.48 Å². The number of benzene rings is 2. The van der Waals surface area contributed by atoms with Crippen molar-refractivity contribution in [2.75, 3.05) is 26.9 Å². The maximum absolute atomic E-state index is 14.7. The third-order valence-corrected chi connectivity index (χ3v) is 10.0. The van der Waals surface area contributed by atoms with Gasteiger partial charge < -0.3 is 14.8 Å². The van der Waals surface area contributed by atoms with Crippen molar-refractivity contribution in [1.82, 2.24) is 15.1 Å². The van der Waals surface area contributed by atoms with Crippen molar-refractivity contribution in [2.45, 2.75) is 35.4 Å². The number of fused-ring (bicyclic) bond motifs is 1. The zero-order valence-electron chi connectivity index (χ0n) is 21.2. The van der Waals surface area contributed by atoms with Gasteiger partial charge >= 0.3 is 0 Å². The first-order chi connectivity index (χ1) is 18.7. The van der Waals surface area contributed by atoms with E-state index in [1.807, 2.05) is 24.3 Å². The molecule has 1 N–H and O–H groups in total. The van der Waals surface area contributed by atoms with Crippen LogP contribution >= 0.6 is 22.9 Å². The van der Waals surface area contributed by atoms with Crippen LogP contribution in [0.2, 0.25) is 4.34 Å². The van der Waals surface area contributed by atoms with Crippen molar-refractivity contribution < 1.29 is 27.1 Å². The molecule has 0 radical (unpaired) electrons. The number of morpholine rings is 1. The van der Waals surface area contributed by atoms with E-state index in [1.54, 1.807) is 10.7 Å². The summed E-state index contributed by atoms with van der Waals surface area (Å²) in [5, 5.41) is 8.10. The van der Waals surface area contributed by atoms with Crippen LogP contribution in [-0.2, 0) is 38.1 Å². The standard InChI is InChI=1S/C27H27ClFN3O5S2/c1-36-27-19(29)6-7-22-26(27)21(16-39(34,35)25-10-9-24(28)38-25)31-32(22)14-18-4-2-3-17(13-18)5-8-23(33)20-15-37-12-11-30-20/h2-4,6-7,9-10,13,20,30H,5,8,11-12,14-16H2,1H3/t20-/m0/s1. The van der Waals surface area contributed by atoms with Crippen LogP contribution in [0.1, 0.15) is 23.2 Å². The topological polar surface area (TPSA) is 99.5 Å². The molecular formula is C27H27ClFN3O5S2. The highest BCUT2D eigenvalue weighted by Crippen LogP contribution is 2.35. The summed E-state index contributed by atoms with van der Waals surface area (Å²) >= 11 is 6.92. The number of sulfone groups is 1. The van der Waals surface area contributed by atoms with E-state index >= 15 is 0 Å². The Hall–Kier alpha value is -2.83. The van der Waals surface area contributed by atoms with E-state index in [0.29, 0.717) is 54.4 Å². The number of rotatable bonds is 10. The molecule has 1 fully saturated rings. The molecule has 39 heavy (non-hydrogen) atoms. The minimum atomic E-state index is -3.78. The molecule has 0 bridgehead atoms. The lowest BCUT2D eigenvalue weighted by Gasteiger charge is -2.22. The SMILES string of the molecule is COc1c(F)ccc2c1c(CS(=O)(=O)c1ccc(Cl)s1)nn2Cc1cccc(CCC(=O)[C@@H]2COCCN2)c1. The molecule has 12 heteroatoms. The van der Waals surface area contributed by atoms with E-state index in [2.05, 4.69) is 10.4 Å². The zero-order valence-corrected chi connectivity index (χ0v) is 23.5. The average Bonchev–Trinajstić information content (AvgIpc) is 3.52. The van der Waals surface area contributed by atoms with Gasteiger partial charge in [0.15, 0.2) is 27.2 Å². The summed E-state index contributed by atoms with van der Waals surface area (Å²) in [6.45, 7) is 1.99. The van der Waals surface area contributed by atoms with Gasteiger partial charge in [0.2, 0.25) is 0 Å². The summed E-state index contributed by atoms with van der Waals surface area (Å²) in [4.78, 5) is 12.5. The Morgan fingerprint density at radius 3 is 2.79 bits per heavy atom. The van der Waals surface area contributed by atoms with Crippen LogP contribution in [-0.4, -0.2) is 56.9 Å². The fraction of sp³-hybridized carbons (Fsp3) is 0.333. The maximum Gasteiger partial charge on any atom is 0.193 e. The van der Waals surface area contributed by atoms with E-state index in [0.717, 1.165) is 22.5 Å². The predicted molar refractivity (Wildman–Crippen MR) is 148 cm³/mol. The molecule has 0 spiro atoms. The van der Waals surface area contributed by atoms with Gasteiger partial charge in [0.25, 0.3) is 0 Å². The van der Waals surface area contributed by atoms with Crippen molar-refractivity contribution in [1.29, 1.82) is 0 Å². The molecule has 1 saturated heterocycles. The third kappa shape index (κ3) is 6.17. The van der Waals surface area contributed by atoms with E-state index in [9.17, 15) is 17.6 Å². The van der Waals surface area contributed by atoms with E-state index in [1.165, 1.54) is 25.3 Å². The molecule has 1 atom stereocenters. The molecule has 8 nitrogen and oxygen atoms in total. The van der Waals surface area contributed by atoms with Crippen LogP contribution in [0.5, 0.6) is 5.75 Å². The first kappa shape index (κ1) is 27.7. The molecule has 2 aromatic carbocycles. The second kappa shape index (κ2) is 11.7. The monoisotopic (exact) mass is 591 g/mol. The fourth-order valence-corrected chi connectivity index (χ4v) is 7.55. The van der Waals surface area contributed by atoms with Crippen molar-refractivity contribution in [3.8, 4) is 5.75 Å². The Labute approximate surface area is 234 Å². The average molecular weight is 592 g/mol. The number of ketones is 1. The predicted octanol–water partition coefficient (Wildman–Crippen LogP) is 4.41. The number of methoxy groups -OCH3 is 1. The second-order valence-corrected chi connectivity index (χ2v) is 13.2. The number of nitrogens with zero attached hydrogens (tertiary/aromatic N) is 2. The van der Waals surface area contributed by atoms with Gasteiger partial charge in [0.05, 0.1) is 53.8 Å². The Morgan fingerprint density at radius 1 is 1.26 bits per heavy atom. The quantitative estimate of drug-likeness (QED) is 0.292.